The van der Waals surface area contributed by atoms with Crippen molar-refractivity contribution in [3.63, 3.8) is 0 Å². The fourth-order valence-electron chi connectivity index (χ4n) is 2.74. The Morgan fingerprint density at radius 1 is 1.18 bits per heavy atom. The van der Waals surface area contributed by atoms with Gasteiger partial charge in [-0.2, -0.15) is 0 Å². The number of rotatable bonds is 7. The number of hydrogen-bond donors (Lipinski definition) is 2. The van der Waals surface area contributed by atoms with E-state index in [0.717, 1.165) is 12.0 Å². The second kappa shape index (κ2) is 10.2. The van der Waals surface area contributed by atoms with Crippen LogP contribution in [0.1, 0.15) is 41.4 Å². The molecule has 28 heavy (non-hydrogen) atoms. The Bertz CT molecular complexity index is 914. The lowest BCUT2D eigenvalue weighted by molar-refractivity contribution is 0.0941. The van der Waals surface area contributed by atoms with E-state index >= 15 is 0 Å². The molecule has 1 heterocycles. The number of amides is 1. The standard InChI is InChI=1S/C20H22ClN5O.ClH/c1-2-8-18-24-19(25-26(18)17-12-7-6-11-15(17)21)20(27)23-13-16(22)14-9-4-3-5-10-14;/h3-7,9-12,16H,2,8,13,22H2,1H3,(H,23,27);1H. The molecule has 0 aliphatic carbocycles. The van der Waals surface area contributed by atoms with Crippen LogP contribution in [0, 0.1) is 0 Å². The zero-order chi connectivity index (χ0) is 19.2. The van der Waals surface area contributed by atoms with Crippen molar-refractivity contribution in [1.29, 1.82) is 0 Å². The summed E-state index contributed by atoms with van der Waals surface area (Å²) >= 11 is 6.28. The van der Waals surface area contributed by atoms with Crippen molar-refractivity contribution in [1.82, 2.24) is 20.1 Å². The molecule has 0 radical (unpaired) electrons. The normalized spacial score (nSPS) is 11.5. The topological polar surface area (TPSA) is 85.8 Å². The average Bonchev–Trinajstić information content (AvgIpc) is 3.11. The van der Waals surface area contributed by atoms with Crippen LogP contribution < -0.4 is 11.1 Å². The minimum Gasteiger partial charge on any atom is -0.347 e. The second-order valence-electron chi connectivity index (χ2n) is 6.19. The van der Waals surface area contributed by atoms with Crippen molar-refractivity contribution in [3.05, 3.63) is 76.8 Å². The molecule has 0 fully saturated rings. The molecule has 8 heteroatoms. The van der Waals surface area contributed by atoms with Gasteiger partial charge in [-0.3, -0.25) is 4.79 Å². The van der Waals surface area contributed by atoms with Crippen molar-refractivity contribution in [2.24, 2.45) is 5.73 Å². The Morgan fingerprint density at radius 2 is 1.86 bits per heavy atom. The Kier molecular flexibility index (Phi) is 7.99. The van der Waals surface area contributed by atoms with Gasteiger partial charge in [0, 0.05) is 19.0 Å². The van der Waals surface area contributed by atoms with E-state index in [-0.39, 0.29) is 30.2 Å². The first kappa shape index (κ1) is 21.9. The highest BCUT2D eigenvalue weighted by molar-refractivity contribution is 6.32. The van der Waals surface area contributed by atoms with Gasteiger partial charge in [0.1, 0.15) is 5.82 Å². The third-order valence-corrected chi connectivity index (χ3v) is 4.46. The summed E-state index contributed by atoms with van der Waals surface area (Å²) in [6, 6.07) is 16.7. The Labute approximate surface area is 175 Å². The van der Waals surface area contributed by atoms with Crippen LogP contribution in [0.3, 0.4) is 0 Å². The zero-order valence-electron chi connectivity index (χ0n) is 15.5. The first-order valence-corrected chi connectivity index (χ1v) is 9.27. The molecule has 0 saturated carbocycles. The summed E-state index contributed by atoms with van der Waals surface area (Å²) in [5.74, 6) is 0.450. The van der Waals surface area contributed by atoms with E-state index in [9.17, 15) is 4.79 Å². The van der Waals surface area contributed by atoms with E-state index < -0.39 is 0 Å². The van der Waals surface area contributed by atoms with Gasteiger partial charge in [0.25, 0.3) is 5.91 Å². The molecule has 0 aliphatic heterocycles. The number of halogens is 2. The summed E-state index contributed by atoms with van der Waals surface area (Å²) in [4.78, 5) is 16.9. The summed E-state index contributed by atoms with van der Waals surface area (Å²) in [6.07, 6.45) is 1.57. The number of aromatic nitrogens is 3. The highest BCUT2D eigenvalue weighted by Crippen LogP contribution is 2.21. The van der Waals surface area contributed by atoms with Gasteiger partial charge in [-0.25, -0.2) is 9.67 Å². The number of para-hydroxylation sites is 1. The maximum Gasteiger partial charge on any atom is 0.291 e. The van der Waals surface area contributed by atoms with E-state index in [2.05, 4.69) is 15.4 Å². The van der Waals surface area contributed by atoms with Gasteiger partial charge >= 0.3 is 0 Å². The fraction of sp³-hybridized carbons (Fsp3) is 0.250. The number of nitrogens with zero attached hydrogens (tertiary/aromatic N) is 3. The Balaban J connectivity index is 0.00000280. The van der Waals surface area contributed by atoms with Gasteiger partial charge in [-0.05, 0) is 24.1 Å². The van der Waals surface area contributed by atoms with Crippen LogP contribution in [0.4, 0.5) is 0 Å². The lowest BCUT2D eigenvalue weighted by Gasteiger charge is -2.12. The molecule has 0 bridgehead atoms. The van der Waals surface area contributed by atoms with Crippen LogP contribution in [0.2, 0.25) is 5.02 Å². The maximum absolute atomic E-state index is 12.5. The molecule has 2 aromatic carbocycles. The molecule has 0 saturated heterocycles. The minimum atomic E-state index is -0.357. The Morgan fingerprint density at radius 3 is 2.54 bits per heavy atom. The van der Waals surface area contributed by atoms with E-state index in [1.807, 2.05) is 55.5 Å². The molecule has 1 amide bonds. The van der Waals surface area contributed by atoms with Crippen LogP contribution in [0.5, 0.6) is 0 Å². The quantitative estimate of drug-likeness (QED) is 0.610. The Hall–Kier alpha value is -2.41. The summed E-state index contributed by atoms with van der Waals surface area (Å²) < 4.78 is 1.64. The summed E-state index contributed by atoms with van der Waals surface area (Å²) in [6.45, 7) is 2.34. The van der Waals surface area contributed by atoms with E-state index in [0.29, 0.717) is 29.5 Å². The third kappa shape index (κ3) is 5.10. The van der Waals surface area contributed by atoms with Gasteiger partial charge < -0.3 is 11.1 Å². The van der Waals surface area contributed by atoms with Crippen molar-refractivity contribution >= 4 is 29.9 Å². The van der Waals surface area contributed by atoms with Crippen molar-refractivity contribution in [2.75, 3.05) is 6.54 Å². The number of hydrogen-bond acceptors (Lipinski definition) is 4. The summed E-state index contributed by atoms with van der Waals surface area (Å²) in [5.41, 5.74) is 7.80. The predicted molar refractivity (Wildman–Crippen MR) is 113 cm³/mol. The van der Waals surface area contributed by atoms with Gasteiger partial charge in [0.15, 0.2) is 0 Å². The number of carbonyl (C=O) groups is 1. The van der Waals surface area contributed by atoms with Crippen molar-refractivity contribution < 1.29 is 4.79 Å². The zero-order valence-corrected chi connectivity index (χ0v) is 17.1. The molecule has 1 atom stereocenters. The minimum absolute atomic E-state index is 0. The number of aryl methyl sites for hydroxylation is 1. The molecule has 3 rings (SSSR count). The van der Waals surface area contributed by atoms with Gasteiger partial charge in [-0.15, -0.1) is 17.5 Å². The van der Waals surface area contributed by atoms with Crippen LogP contribution in [-0.4, -0.2) is 27.2 Å². The number of nitrogens with two attached hydrogens (primary N) is 1. The maximum atomic E-state index is 12.5. The van der Waals surface area contributed by atoms with E-state index in [1.165, 1.54) is 0 Å². The number of carbonyl (C=O) groups excluding carboxylic acids is 1. The summed E-state index contributed by atoms with van der Waals surface area (Å²) in [5, 5.41) is 7.74. The number of benzene rings is 2. The molecule has 148 valence electrons. The number of nitrogens with one attached hydrogen (secondary N) is 1. The van der Waals surface area contributed by atoms with Crippen LogP contribution in [0.25, 0.3) is 5.69 Å². The van der Waals surface area contributed by atoms with Crippen LogP contribution in [-0.2, 0) is 6.42 Å². The highest BCUT2D eigenvalue weighted by Gasteiger charge is 2.19. The smallest absolute Gasteiger partial charge is 0.291 e. The molecule has 3 aromatic rings. The van der Waals surface area contributed by atoms with Gasteiger partial charge in [0.05, 0.1) is 10.7 Å². The fourth-order valence-corrected chi connectivity index (χ4v) is 2.96. The largest absolute Gasteiger partial charge is 0.347 e. The van der Waals surface area contributed by atoms with Gasteiger partial charge in [-0.1, -0.05) is 61.0 Å². The summed E-state index contributed by atoms with van der Waals surface area (Å²) in [7, 11) is 0. The highest BCUT2D eigenvalue weighted by atomic mass is 35.5. The molecule has 0 aliphatic rings. The molecular weight excluding hydrogens is 397 g/mol. The average molecular weight is 420 g/mol. The molecule has 1 aromatic heterocycles. The van der Waals surface area contributed by atoms with Crippen LogP contribution >= 0.6 is 24.0 Å². The third-order valence-electron chi connectivity index (χ3n) is 4.14. The molecule has 6 nitrogen and oxygen atoms in total. The SMILES string of the molecule is CCCc1nc(C(=O)NCC(N)c2ccccc2)nn1-c1ccccc1Cl.Cl. The van der Waals surface area contributed by atoms with Crippen molar-refractivity contribution in [3.8, 4) is 5.69 Å². The lowest BCUT2D eigenvalue weighted by atomic mass is 10.1. The van der Waals surface area contributed by atoms with Gasteiger partial charge in [0.2, 0.25) is 5.82 Å². The first-order chi connectivity index (χ1) is 13.1. The molecule has 0 spiro atoms. The van der Waals surface area contributed by atoms with E-state index in [4.69, 9.17) is 17.3 Å². The molecule has 1 unspecified atom stereocenters. The molecular formula is C20H23Cl2N5O. The first-order valence-electron chi connectivity index (χ1n) is 8.89. The van der Waals surface area contributed by atoms with Crippen molar-refractivity contribution in [2.45, 2.75) is 25.8 Å². The second-order valence-corrected chi connectivity index (χ2v) is 6.60. The monoisotopic (exact) mass is 419 g/mol. The van der Waals surface area contributed by atoms with Crippen LogP contribution in [0.15, 0.2) is 54.6 Å². The molecule has 3 N–H and O–H groups in total. The van der Waals surface area contributed by atoms with E-state index in [1.54, 1.807) is 10.7 Å². The lowest BCUT2D eigenvalue weighted by Crippen LogP contribution is -2.32. The predicted octanol–water partition coefficient (Wildman–Crippen LogP) is 3.72.